The van der Waals surface area contributed by atoms with E-state index in [-0.39, 0.29) is 11.9 Å². The van der Waals surface area contributed by atoms with Gasteiger partial charge in [-0.05, 0) is 18.6 Å². The predicted octanol–water partition coefficient (Wildman–Crippen LogP) is 2.69. The van der Waals surface area contributed by atoms with Crippen molar-refractivity contribution >= 4 is 16.8 Å². The number of para-hydroxylation sites is 1. The maximum atomic E-state index is 12.6. The van der Waals surface area contributed by atoms with Crippen molar-refractivity contribution in [2.75, 3.05) is 0 Å². The topological polar surface area (TPSA) is 72.7 Å². The molecular weight excluding hydrogens is 314 g/mol. The molecule has 0 fully saturated rings. The Morgan fingerprint density at radius 3 is 2.88 bits per heavy atom. The third kappa shape index (κ3) is 2.99. The minimum absolute atomic E-state index is 0.0711. The lowest BCUT2D eigenvalue weighted by atomic mass is 10.1. The fraction of sp³-hybridized carbons (Fsp3) is 0.368. The molecule has 0 bridgehead atoms. The highest BCUT2D eigenvalue weighted by Gasteiger charge is 2.25. The molecule has 1 atom stereocenters. The molecule has 0 saturated heterocycles. The smallest absolute Gasteiger partial charge is 0.270 e. The lowest BCUT2D eigenvalue weighted by molar-refractivity contribution is 0.0922. The normalized spacial score (nSPS) is 16.8. The monoisotopic (exact) mass is 335 g/mol. The summed E-state index contributed by atoms with van der Waals surface area (Å²) in [5.74, 6) is 2.19. The van der Waals surface area contributed by atoms with E-state index in [4.69, 9.17) is 0 Å². The molecule has 6 heteroatoms. The van der Waals surface area contributed by atoms with Gasteiger partial charge >= 0.3 is 0 Å². The van der Waals surface area contributed by atoms with Gasteiger partial charge in [-0.1, -0.05) is 38.1 Å². The van der Waals surface area contributed by atoms with Crippen LogP contribution in [0, 0.1) is 0 Å². The molecule has 1 amide bonds. The van der Waals surface area contributed by atoms with Gasteiger partial charge in [0, 0.05) is 30.3 Å². The van der Waals surface area contributed by atoms with E-state index in [0.717, 1.165) is 41.9 Å². The summed E-state index contributed by atoms with van der Waals surface area (Å²) in [5.41, 5.74) is 1.29. The van der Waals surface area contributed by atoms with Crippen molar-refractivity contribution in [3.8, 4) is 0 Å². The molecule has 4 rings (SSSR count). The summed E-state index contributed by atoms with van der Waals surface area (Å²) in [5, 5.41) is 12.7. The van der Waals surface area contributed by atoms with Gasteiger partial charge in [0.15, 0.2) is 0 Å². The highest BCUT2D eigenvalue weighted by atomic mass is 16.1. The molecule has 1 unspecified atom stereocenters. The Morgan fingerprint density at radius 2 is 2.04 bits per heavy atom. The van der Waals surface area contributed by atoms with Gasteiger partial charge < -0.3 is 9.88 Å². The average molecular weight is 335 g/mol. The first-order chi connectivity index (χ1) is 12.1. The average Bonchev–Trinajstić information content (AvgIpc) is 3.04. The van der Waals surface area contributed by atoms with Crippen LogP contribution in [0.25, 0.3) is 10.9 Å². The molecule has 3 aromatic rings. The second-order valence-electron chi connectivity index (χ2n) is 6.84. The maximum absolute atomic E-state index is 12.6. The van der Waals surface area contributed by atoms with Gasteiger partial charge in [-0.3, -0.25) is 4.79 Å². The minimum Gasteiger partial charge on any atom is -0.346 e. The Kier molecular flexibility index (Phi) is 3.95. The standard InChI is InChI=1S/C19H21N5O/c1-12(2)18-23-22-17-10-8-14(11-24(17)18)20-19(25)16-9-7-13-5-3-4-6-15(13)21-16/h3-7,9,12,14H,8,10-11H2,1-2H3,(H,20,25). The largest absolute Gasteiger partial charge is 0.346 e. The summed E-state index contributed by atoms with van der Waals surface area (Å²) in [4.78, 5) is 17.1. The number of carbonyl (C=O) groups excluding carboxylic acids is 1. The van der Waals surface area contributed by atoms with Crippen LogP contribution in [-0.2, 0) is 13.0 Å². The fourth-order valence-corrected chi connectivity index (χ4v) is 3.34. The number of aryl methyl sites for hydroxylation is 1. The molecule has 0 saturated carbocycles. The van der Waals surface area contributed by atoms with Crippen LogP contribution in [0.3, 0.4) is 0 Å². The molecule has 1 aromatic carbocycles. The molecule has 128 valence electrons. The van der Waals surface area contributed by atoms with Gasteiger partial charge in [0.05, 0.1) is 5.52 Å². The quantitative estimate of drug-likeness (QED) is 0.799. The maximum Gasteiger partial charge on any atom is 0.270 e. The van der Waals surface area contributed by atoms with Crippen LogP contribution in [0.1, 0.15) is 48.3 Å². The number of aromatic nitrogens is 4. The van der Waals surface area contributed by atoms with Crippen LogP contribution >= 0.6 is 0 Å². The number of hydrogen-bond donors (Lipinski definition) is 1. The number of nitrogens with zero attached hydrogens (tertiary/aromatic N) is 4. The number of fused-ring (bicyclic) bond motifs is 2. The van der Waals surface area contributed by atoms with E-state index >= 15 is 0 Å². The lowest BCUT2D eigenvalue weighted by Gasteiger charge is -2.25. The first-order valence-electron chi connectivity index (χ1n) is 8.70. The first-order valence-corrected chi connectivity index (χ1v) is 8.70. The van der Waals surface area contributed by atoms with Crippen molar-refractivity contribution in [3.05, 3.63) is 53.7 Å². The molecule has 1 aliphatic rings. The van der Waals surface area contributed by atoms with E-state index < -0.39 is 0 Å². The van der Waals surface area contributed by atoms with Crippen molar-refractivity contribution in [3.63, 3.8) is 0 Å². The van der Waals surface area contributed by atoms with Crippen LogP contribution in [0.2, 0.25) is 0 Å². The summed E-state index contributed by atoms with van der Waals surface area (Å²) in [7, 11) is 0. The van der Waals surface area contributed by atoms with E-state index in [1.54, 1.807) is 6.07 Å². The van der Waals surface area contributed by atoms with Gasteiger partial charge in [0.25, 0.3) is 5.91 Å². The summed E-state index contributed by atoms with van der Waals surface area (Å²) in [6.45, 7) is 4.94. The van der Waals surface area contributed by atoms with Crippen LogP contribution in [0.4, 0.5) is 0 Å². The molecule has 6 nitrogen and oxygen atoms in total. The van der Waals surface area contributed by atoms with Crippen molar-refractivity contribution in [1.82, 2.24) is 25.1 Å². The fourth-order valence-electron chi connectivity index (χ4n) is 3.34. The lowest BCUT2D eigenvalue weighted by Crippen LogP contribution is -2.41. The van der Waals surface area contributed by atoms with Gasteiger partial charge in [-0.2, -0.15) is 0 Å². The zero-order chi connectivity index (χ0) is 17.4. The Morgan fingerprint density at radius 1 is 1.20 bits per heavy atom. The van der Waals surface area contributed by atoms with Crippen molar-refractivity contribution in [1.29, 1.82) is 0 Å². The number of nitrogens with one attached hydrogen (secondary N) is 1. The second kappa shape index (κ2) is 6.27. The minimum atomic E-state index is -0.127. The zero-order valence-corrected chi connectivity index (χ0v) is 14.4. The Bertz CT molecular complexity index is 930. The third-order valence-corrected chi connectivity index (χ3v) is 4.66. The predicted molar refractivity (Wildman–Crippen MR) is 95.4 cm³/mol. The summed E-state index contributed by atoms with van der Waals surface area (Å²) >= 11 is 0. The number of pyridine rings is 1. The van der Waals surface area contributed by atoms with E-state index in [2.05, 4.69) is 38.9 Å². The van der Waals surface area contributed by atoms with Crippen molar-refractivity contribution in [2.24, 2.45) is 0 Å². The Balaban J connectivity index is 1.51. The van der Waals surface area contributed by atoms with Crippen LogP contribution in [0.15, 0.2) is 36.4 Å². The van der Waals surface area contributed by atoms with Gasteiger partial charge in [0.1, 0.15) is 17.3 Å². The van der Waals surface area contributed by atoms with Gasteiger partial charge in [-0.25, -0.2) is 4.98 Å². The number of carbonyl (C=O) groups is 1. The van der Waals surface area contributed by atoms with E-state index in [1.165, 1.54) is 0 Å². The van der Waals surface area contributed by atoms with Crippen LogP contribution in [-0.4, -0.2) is 31.7 Å². The molecule has 0 radical (unpaired) electrons. The second-order valence-corrected chi connectivity index (χ2v) is 6.84. The number of hydrogen-bond acceptors (Lipinski definition) is 4. The Labute approximate surface area is 146 Å². The number of amides is 1. The molecule has 0 spiro atoms. The van der Waals surface area contributed by atoms with Crippen molar-refractivity contribution < 1.29 is 4.79 Å². The van der Waals surface area contributed by atoms with Crippen LogP contribution in [0.5, 0.6) is 0 Å². The molecule has 1 aliphatic heterocycles. The van der Waals surface area contributed by atoms with Crippen molar-refractivity contribution in [2.45, 2.75) is 45.2 Å². The molecule has 0 aliphatic carbocycles. The van der Waals surface area contributed by atoms with E-state index in [1.807, 2.05) is 30.3 Å². The number of benzene rings is 1. The number of rotatable bonds is 3. The van der Waals surface area contributed by atoms with Gasteiger partial charge in [-0.15, -0.1) is 10.2 Å². The summed E-state index contributed by atoms with van der Waals surface area (Å²) < 4.78 is 2.15. The molecule has 3 heterocycles. The zero-order valence-electron chi connectivity index (χ0n) is 14.4. The molecule has 1 N–H and O–H groups in total. The molecule has 25 heavy (non-hydrogen) atoms. The third-order valence-electron chi connectivity index (χ3n) is 4.66. The summed E-state index contributed by atoms with van der Waals surface area (Å²) in [6.07, 6.45) is 1.70. The van der Waals surface area contributed by atoms with Gasteiger partial charge in [0.2, 0.25) is 0 Å². The summed E-state index contributed by atoms with van der Waals surface area (Å²) in [6, 6.07) is 11.6. The Hall–Kier alpha value is -2.76. The molecular formula is C19H21N5O. The highest BCUT2D eigenvalue weighted by Crippen LogP contribution is 2.20. The first kappa shape index (κ1) is 15.7. The SMILES string of the molecule is CC(C)c1nnc2n1CC(NC(=O)c1ccc3ccccc3n1)CC2. The highest BCUT2D eigenvalue weighted by molar-refractivity contribution is 5.95. The van der Waals surface area contributed by atoms with Crippen LogP contribution < -0.4 is 5.32 Å². The van der Waals surface area contributed by atoms with E-state index in [9.17, 15) is 4.79 Å². The van der Waals surface area contributed by atoms with E-state index in [0.29, 0.717) is 11.6 Å². The molecule has 2 aromatic heterocycles.